The van der Waals surface area contributed by atoms with Crippen molar-refractivity contribution < 1.29 is 5.11 Å². The molecule has 1 N–H and O–H groups in total. The summed E-state index contributed by atoms with van der Waals surface area (Å²) in [6.45, 7) is 11.0. The number of thioether (sulfide) groups is 2. The van der Waals surface area contributed by atoms with Crippen LogP contribution < -0.4 is 0 Å². The Morgan fingerprint density at radius 2 is 1.13 bits per heavy atom. The summed E-state index contributed by atoms with van der Waals surface area (Å²) in [5, 5.41) is 14.9. The molecule has 3 nitrogen and oxygen atoms in total. The van der Waals surface area contributed by atoms with E-state index in [-0.39, 0.29) is 4.75 Å². The lowest BCUT2D eigenvalue weighted by atomic mass is 9.66. The average molecular weight is 535 g/mol. The van der Waals surface area contributed by atoms with Gasteiger partial charge in [-0.2, -0.15) is 0 Å². The van der Waals surface area contributed by atoms with Crippen LogP contribution in [0.1, 0.15) is 56.9 Å². The number of fused-ring (bicyclic) bond motifs is 6. The second kappa shape index (κ2) is 7.84. The number of hydrogen-bond acceptors (Lipinski definition) is 5. The molecule has 0 saturated heterocycles. The molecule has 0 radical (unpaired) electrons. The Labute approximate surface area is 232 Å². The topological polar surface area (TPSA) is 45.0 Å². The van der Waals surface area contributed by atoms with Crippen molar-refractivity contribution in [2.75, 3.05) is 0 Å². The van der Waals surface area contributed by atoms with Crippen molar-refractivity contribution in [3.05, 3.63) is 124 Å². The third kappa shape index (κ3) is 2.93. The maximum absolute atomic E-state index is 12.9. The summed E-state index contributed by atoms with van der Waals surface area (Å²) >= 11 is 3.65. The molecule has 0 spiro atoms. The number of aliphatic imine (C=N–C) groups is 2. The molecule has 0 amide bonds. The van der Waals surface area contributed by atoms with Crippen LogP contribution in [-0.4, -0.2) is 24.7 Å². The Bertz CT molecular complexity index is 1630. The minimum absolute atomic E-state index is 0.382. The molecule has 7 rings (SSSR count). The van der Waals surface area contributed by atoms with E-state index in [0.717, 1.165) is 54.9 Å². The lowest BCUT2D eigenvalue weighted by Gasteiger charge is -2.47. The van der Waals surface area contributed by atoms with Crippen molar-refractivity contribution in [3.63, 3.8) is 0 Å². The fourth-order valence-corrected chi connectivity index (χ4v) is 9.25. The standard InChI is InChI=1S/C33H30N2OS2/c1-30(2,3)33(36)23-19-13-12-18-22(23)24-25(33)27-32(5,38-29(35-27)21-16-10-7-11-17-21)31(4)26(24)34-28(37-31)20-14-8-6-9-15-20/h6-19,36H,1-5H3/t31-,32-,33-/m0/s1. The minimum atomic E-state index is -1.20. The quantitative estimate of drug-likeness (QED) is 0.365. The van der Waals surface area contributed by atoms with Gasteiger partial charge in [-0.25, -0.2) is 9.98 Å². The van der Waals surface area contributed by atoms with Gasteiger partial charge in [0.15, 0.2) is 0 Å². The smallest absolute Gasteiger partial charge is 0.122 e. The molecule has 3 aromatic carbocycles. The van der Waals surface area contributed by atoms with Gasteiger partial charge < -0.3 is 5.11 Å². The van der Waals surface area contributed by atoms with Crippen LogP contribution in [0.15, 0.2) is 112 Å². The lowest BCUT2D eigenvalue weighted by Crippen LogP contribution is -2.50. The van der Waals surface area contributed by atoms with Crippen molar-refractivity contribution in [3.8, 4) is 0 Å². The van der Waals surface area contributed by atoms with Crippen LogP contribution in [0.4, 0.5) is 0 Å². The molecule has 0 saturated carbocycles. The summed E-state index contributed by atoms with van der Waals surface area (Å²) in [5.74, 6) is 0. The van der Waals surface area contributed by atoms with Gasteiger partial charge in [-0.05, 0) is 30.4 Å². The van der Waals surface area contributed by atoms with Crippen molar-refractivity contribution in [1.82, 2.24) is 0 Å². The van der Waals surface area contributed by atoms with Crippen molar-refractivity contribution >= 4 is 39.2 Å². The molecule has 0 unspecified atom stereocenters. The summed E-state index contributed by atoms with van der Waals surface area (Å²) in [7, 11) is 0. The van der Waals surface area contributed by atoms with Crippen molar-refractivity contribution in [2.24, 2.45) is 15.4 Å². The highest BCUT2D eigenvalue weighted by molar-refractivity contribution is 8.20. The lowest BCUT2D eigenvalue weighted by molar-refractivity contribution is -0.0234. The molecule has 3 atom stereocenters. The molecule has 5 heteroatoms. The highest BCUT2D eigenvalue weighted by atomic mass is 32.2. The van der Waals surface area contributed by atoms with Gasteiger partial charge in [-0.1, -0.05) is 129 Å². The van der Waals surface area contributed by atoms with Gasteiger partial charge in [0, 0.05) is 22.3 Å². The van der Waals surface area contributed by atoms with Crippen LogP contribution in [-0.2, 0) is 5.60 Å². The maximum Gasteiger partial charge on any atom is 0.122 e. The molecule has 190 valence electrons. The Kier molecular flexibility index (Phi) is 4.99. The molecule has 2 aliphatic carbocycles. The first kappa shape index (κ1) is 24.2. The van der Waals surface area contributed by atoms with E-state index in [2.05, 4.69) is 101 Å². The first-order valence-corrected chi connectivity index (χ1v) is 14.7. The Hall–Kier alpha value is -2.86. The van der Waals surface area contributed by atoms with Gasteiger partial charge in [-0.15, -0.1) is 0 Å². The number of hydrogen-bond donors (Lipinski definition) is 1. The summed E-state index contributed by atoms with van der Waals surface area (Å²) in [6.07, 6.45) is 0. The molecule has 2 aliphatic heterocycles. The zero-order chi connectivity index (χ0) is 26.5. The highest BCUT2D eigenvalue weighted by Gasteiger charge is 2.66. The molecule has 0 fully saturated rings. The Morgan fingerprint density at radius 3 is 1.68 bits per heavy atom. The third-order valence-corrected chi connectivity index (χ3v) is 11.8. The van der Waals surface area contributed by atoms with E-state index in [1.54, 1.807) is 0 Å². The summed E-state index contributed by atoms with van der Waals surface area (Å²) in [5.41, 5.74) is 6.61. The van der Waals surface area contributed by atoms with E-state index >= 15 is 0 Å². The van der Waals surface area contributed by atoms with E-state index in [1.165, 1.54) is 0 Å². The predicted molar refractivity (Wildman–Crippen MR) is 162 cm³/mol. The molecular formula is C33H30N2OS2. The number of nitrogens with zero attached hydrogens (tertiary/aromatic N) is 2. The van der Waals surface area contributed by atoms with E-state index < -0.39 is 15.8 Å². The van der Waals surface area contributed by atoms with Gasteiger partial charge in [0.1, 0.15) is 15.7 Å². The molecule has 4 aliphatic rings. The van der Waals surface area contributed by atoms with E-state index in [1.807, 2.05) is 41.7 Å². The fraction of sp³-hybridized carbons (Fsp3) is 0.273. The largest absolute Gasteiger partial charge is 0.380 e. The average Bonchev–Trinajstić information content (AvgIpc) is 3.55. The second-order valence-electron chi connectivity index (χ2n) is 11.8. The normalized spacial score (nSPS) is 29.5. The molecule has 38 heavy (non-hydrogen) atoms. The zero-order valence-electron chi connectivity index (χ0n) is 22.2. The number of rotatable bonds is 2. The van der Waals surface area contributed by atoms with Gasteiger partial charge >= 0.3 is 0 Å². The van der Waals surface area contributed by atoms with Gasteiger partial charge in [0.25, 0.3) is 0 Å². The fourth-order valence-electron chi connectivity index (χ4n) is 6.37. The summed E-state index contributed by atoms with van der Waals surface area (Å²) in [4.78, 5) is 10.8. The van der Waals surface area contributed by atoms with Crippen molar-refractivity contribution in [1.29, 1.82) is 0 Å². The SMILES string of the molecule is CC(C)(C)[C@@]1(O)C2=C3N=C(c4ccccc4)S[C@]3(C)[C@@]3(C)SC(c4ccccc4)=NC3=C2c2ccccc21. The molecule has 0 aromatic heterocycles. The Balaban J connectivity index is 1.59. The highest BCUT2D eigenvalue weighted by Crippen LogP contribution is 2.71. The summed E-state index contributed by atoms with van der Waals surface area (Å²) in [6, 6.07) is 29.2. The van der Waals surface area contributed by atoms with Gasteiger partial charge in [-0.3, -0.25) is 0 Å². The minimum Gasteiger partial charge on any atom is -0.380 e. The molecular weight excluding hydrogens is 505 g/mol. The van der Waals surface area contributed by atoms with E-state index in [9.17, 15) is 5.11 Å². The summed E-state index contributed by atoms with van der Waals surface area (Å²) < 4.78 is -0.814. The van der Waals surface area contributed by atoms with E-state index in [4.69, 9.17) is 9.98 Å². The third-order valence-electron chi connectivity index (χ3n) is 8.64. The van der Waals surface area contributed by atoms with Crippen LogP contribution >= 0.6 is 23.5 Å². The van der Waals surface area contributed by atoms with Crippen molar-refractivity contribution in [2.45, 2.75) is 49.7 Å². The zero-order valence-corrected chi connectivity index (χ0v) is 23.9. The monoisotopic (exact) mass is 534 g/mol. The van der Waals surface area contributed by atoms with Crippen LogP contribution in [0.5, 0.6) is 0 Å². The van der Waals surface area contributed by atoms with Crippen LogP contribution in [0, 0.1) is 5.41 Å². The van der Waals surface area contributed by atoms with Crippen LogP contribution in [0.2, 0.25) is 0 Å². The first-order chi connectivity index (χ1) is 18.1. The molecule has 3 aromatic rings. The predicted octanol–water partition coefficient (Wildman–Crippen LogP) is 7.82. The second-order valence-corrected chi connectivity index (χ2v) is 14.6. The maximum atomic E-state index is 12.9. The van der Waals surface area contributed by atoms with Gasteiger partial charge in [0.05, 0.1) is 20.9 Å². The Morgan fingerprint density at radius 1 is 0.658 bits per heavy atom. The first-order valence-electron chi connectivity index (χ1n) is 13.1. The molecule has 2 heterocycles. The molecule has 0 bridgehead atoms. The number of aliphatic hydroxyl groups is 1. The van der Waals surface area contributed by atoms with E-state index in [0.29, 0.717) is 0 Å². The van der Waals surface area contributed by atoms with Crippen LogP contribution in [0.25, 0.3) is 5.57 Å². The number of benzene rings is 3. The van der Waals surface area contributed by atoms with Crippen LogP contribution in [0.3, 0.4) is 0 Å². The van der Waals surface area contributed by atoms with Gasteiger partial charge in [0.2, 0.25) is 0 Å².